The lowest BCUT2D eigenvalue weighted by atomic mass is 9.82. The number of benzene rings is 2. The number of pyridine rings is 1. The van der Waals surface area contributed by atoms with Crippen molar-refractivity contribution >= 4 is 16.9 Å². The zero-order chi connectivity index (χ0) is 23.8. The molecule has 0 saturated carbocycles. The minimum absolute atomic E-state index is 0.126. The van der Waals surface area contributed by atoms with E-state index in [0.717, 1.165) is 54.4 Å². The van der Waals surface area contributed by atoms with Gasteiger partial charge in [-0.15, -0.1) is 0 Å². The highest BCUT2D eigenvalue weighted by atomic mass is 16.5. The zero-order valence-corrected chi connectivity index (χ0v) is 19.8. The van der Waals surface area contributed by atoms with Crippen molar-refractivity contribution in [3.8, 4) is 5.75 Å². The first-order valence-electron chi connectivity index (χ1n) is 12.2. The average Bonchev–Trinajstić information content (AvgIpc) is 2.89. The van der Waals surface area contributed by atoms with Gasteiger partial charge in [0.2, 0.25) is 0 Å². The van der Waals surface area contributed by atoms with E-state index < -0.39 is 6.10 Å². The first kappa shape index (κ1) is 24.2. The normalized spacial score (nSPS) is 19.0. The Labute approximate surface area is 201 Å². The second kappa shape index (κ2) is 12.0. The van der Waals surface area contributed by atoms with Gasteiger partial charge in [0.25, 0.3) is 0 Å². The van der Waals surface area contributed by atoms with Crippen LogP contribution in [0.2, 0.25) is 0 Å². The zero-order valence-electron chi connectivity index (χ0n) is 19.8. The van der Waals surface area contributed by atoms with E-state index in [1.807, 2.05) is 42.5 Å². The molecule has 1 aliphatic rings. The van der Waals surface area contributed by atoms with Gasteiger partial charge in [0.15, 0.2) is 0 Å². The van der Waals surface area contributed by atoms with Gasteiger partial charge in [0.05, 0.1) is 31.3 Å². The summed E-state index contributed by atoms with van der Waals surface area (Å²) in [6.45, 7) is 1.95. The third-order valence-electron chi connectivity index (χ3n) is 6.78. The summed E-state index contributed by atoms with van der Waals surface area (Å²) in [6.07, 6.45) is 5.07. The number of nitrogens with one attached hydrogen (secondary N) is 1. The van der Waals surface area contributed by atoms with E-state index in [-0.39, 0.29) is 17.8 Å². The van der Waals surface area contributed by atoms with Crippen LogP contribution in [-0.4, -0.2) is 42.9 Å². The molecular formula is C28H34N2O4. The third-order valence-corrected chi connectivity index (χ3v) is 6.78. The van der Waals surface area contributed by atoms with Crippen molar-refractivity contribution in [1.82, 2.24) is 10.3 Å². The molecule has 0 unspecified atom stereocenters. The van der Waals surface area contributed by atoms with Crippen LogP contribution >= 0.6 is 0 Å². The molecule has 180 valence electrons. The number of carbonyl (C=O) groups excluding carboxylic acids is 1. The van der Waals surface area contributed by atoms with Gasteiger partial charge in [-0.25, -0.2) is 0 Å². The van der Waals surface area contributed by atoms with Crippen LogP contribution in [0.3, 0.4) is 0 Å². The van der Waals surface area contributed by atoms with Crippen LogP contribution in [0, 0.1) is 11.8 Å². The summed E-state index contributed by atoms with van der Waals surface area (Å²) in [5, 5.41) is 15.2. The molecule has 2 N–H and O–H groups in total. The Morgan fingerprint density at radius 2 is 2.06 bits per heavy atom. The molecule has 1 aromatic heterocycles. The Kier molecular flexibility index (Phi) is 8.50. The number of aliphatic hydroxyl groups excluding tert-OH is 1. The van der Waals surface area contributed by atoms with Crippen LogP contribution in [0.1, 0.15) is 42.9 Å². The number of aromatic nitrogens is 1. The summed E-state index contributed by atoms with van der Waals surface area (Å²) in [7, 11) is 1.63. The number of hydrogen-bond donors (Lipinski definition) is 2. The predicted molar refractivity (Wildman–Crippen MR) is 133 cm³/mol. The summed E-state index contributed by atoms with van der Waals surface area (Å²) in [5.41, 5.74) is 2.93. The summed E-state index contributed by atoms with van der Waals surface area (Å²) in [5.74, 6) is 0.633. The number of nitrogens with zero attached hydrogens (tertiary/aromatic N) is 1. The number of piperidine rings is 1. The summed E-state index contributed by atoms with van der Waals surface area (Å²) < 4.78 is 11.0. The summed E-state index contributed by atoms with van der Waals surface area (Å²) in [4.78, 5) is 17.2. The van der Waals surface area contributed by atoms with Gasteiger partial charge < -0.3 is 19.9 Å². The van der Waals surface area contributed by atoms with Crippen LogP contribution in [0.5, 0.6) is 5.75 Å². The number of aryl methyl sites for hydroxylation is 1. The van der Waals surface area contributed by atoms with Gasteiger partial charge in [-0.2, -0.15) is 0 Å². The molecule has 34 heavy (non-hydrogen) atoms. The van der Waals surface area contributed by atoms with Crippen molar-refractivity contribution in [1.29, 1.82) is 0 Å². The highest BCUT2D eigenvalue weighted by Gasteiger charge is 2.32. The first-order chi connectivity index (χ1) is 16.7. The van der Waals surface area contributed by atoms with Gasteiger partial charge in [-0.3, -0.25) is 9.78 Å². The molecule has 0 radical (unpaired) electrons. The molecule has 0 bridgehead atoms. The Bertz CT molecular complexity index is 1070. The topological polar surface area (TPSA) is 80.7 Å². The Balaban J connectivity index is 1.32. The van der Waals surface area contributed by atoms with Crippen LogP contribution < -0.4 is 10.1 Å². The molecule has 2 aromatic carbocycles. The smallest absolute Gasteiger partial charge is 0.310 e. The van der Waals surface area contributed by atoms with E-state index in [0.29, 0.717) is 19.6 Å². The minimum Gasteiger partial charge on any atom is -0.497 e. The van der Waals surface area contributed by atoms with E-state index in [2.05, 4.69) is 22.4 Å². The Morgan fingerprint density at radius 1 is 1.21 bits per heavy atom. The number of ether oxygens (including phenoxy) is 2. The Hall–Kier alpha value is -2.96. The van der Waals surface area contributed by atoms with E-state index in [4.69, 9.17) is 9.47 Å². The standard InChI is InChI=1S/C28H34N2O4/c1-33-22-10-11-26-24(18-22)23(14-16-30-26)27(31)12-9-21-13-15-29-19-25(21)28(32)34-17-5-8-20-6-3-2-4-7-20/h2-4,6-7,10-11,14,16,18,21,25,27,29,31H,5,8-9,12-13,15,17,19H2,1H3/t21-,25+,27-/m1/s1. The lowest BCUT2D eigenvalue weighted by molar-refractivity contribution is -0.151. The molecule has 1 fully saturated rings. The molecule has 4 rings (SSSR count). The fourth-order valence-electron chi connectivity index (χ4n) is 4.83. The molecule has 6 nitrogen and oxygen atoms in total. The van der Waals surface area contributed by atoms with Crippen LogP contribution in [0.25, 0.3) is 10.9 Å². The van der Waals surface area contributed by atoms with E-state index in [9.17, 15) is 9.90 Å². The SMILES string of the molecule is COc1ccc2nccc([C@H](O)CC[C@@H]3CCNC[C@@H]3C(=O)OCCCc3ccccc3)c2c1. The van der Waals surface area contributed by atoms with Gasteiger partial charge in [0.1, 0.15) is 5.75 Å². The maximum absolute atomic E-state index is 12.8. The van der Waals surface area contributed by atoms with Crippen molar-refractivity contribution in [2.24, 2.45) is 11.8 Å². The van der Waals surface area contributed by atoms with Gasteiger partial charge >= 0.3 is 5.97 Å². The van der Waals surface area contributed by atoms with Crippen LogP contribution in [-0.2, 0) is 16.0 Å². The molecule has 3 aromatic rings. The number of hydrogen-bond acceptors (Lipinski definition) is 6. The average molecular weight is 463 g/mol. The van der Waals surface area contributed by atoms with E-state index in [1.54, 1.807) is 13.3 Å². The molecule has 0 amide bonds. The van der Waals surface area contributed by atoms with Gasteiger partial charge in [0, 0.05) is 18.1 Å². The van der Waals surface area contributed by atoms with E-state index in [1.165, 1.54) is 5.56 Å². The third kappa shape index (κ3) is 6.13. The maximum atomic E-state index is 12.8. The number of aliphatic hydroxyl groups is 1. The molecule has 0 aliphatic carbocycles. The first-order valence-corrected chi connectivity index (χ1v) is 12.2. The van der Waals surface area contributed by atoms with Crippen LogP contribution in [0.15, 0.2) is 60.8 Å². The quantitative estimate of drug-likeness (QED) is 0.342. The number of fused-ring (bicyclic) bond motifs is 1. The van der Waals surface area contributed by atoms with Crippen molar-refractivity contribution in [3.63, 3.8) is 0 Å². The molecule has 1 aliphatic heterocycles. The molecule has 2 heterocycles. The number of rotatable bonds is 10. The molecular weight excluding hydrogens is 428 g/mol. The highest BCUT2D eigenvalue weighted by Crippen LogP contribution is 2.32. The molecule has 0 spiro atoms. The molecule has 1 saturated heterocycles. The van der Waals surface area contributed by atoms with E-state index >= 15 is 0 Å². The van der Waals surface area contributed by atoms with Gasteiger partial charge in [-0.1, -0.05) is 30.3 Å². The lowest BCUT2D eigenvalue weighted by Gasteiger charge is -2.31. The maximum Gasteiger partial charge on any atom is 0.310 e. The molecule has 6 heteroatoms. The second-order valence-electron chi connectivity index (χ2n) is 8.99. The molecule has 3 atom stereocenters. The van der Waals surface area contributed by atoms with Crippen molar-refractivity contribution < 1.29 is 19.4 Å². The summed E-state index contributed by atoms with van der Waals surface area (Å²) >= 11 is 0. The fourth-order valence-corrected chi connectivity index (χ4v) is 4.83. The highest BCUT2D eigenvalue weighted by molar-refractivity contribution is 5.83. The predicted octanol–water partition coefficient (Wildman–Crippen LogP) is 4.46. The van der Waals surface area contributed by atoms with Crippen LogP contribution in [0.4, 0.5) is 0 Å². The minimum atomic E-state index is -0.630. The van der Waals surface area contributed by atoms with Crippen molar-refractivity contribution in [3.05, 3.63) is 71.9 Å². The number of esters is 1. The second-order valence-corrected chi connectivity index (χ2v) is 8.99. The summed E-state index contributed by atoms with van der Waals surface area (Å²) in [6, 6.07) is 17.8. The fraction of sp³-hybridized carbons (Fsp3) is 0.429. The van der Waals surface area contributed by atoms with Crippen molar-refractivity contribution in [2.45, 2.75) is 38.2 Å². The monoisotopic (exact) mass is 462 g/mol. The van der Waals surface area contributed by atoms with Crippen molar-refractivity contribution in [2.75, 3.05) is 26.8 Å². The Morgan fingerprint density at radius 3 is 2.88 bits per heavy atom. The lowest BCUT2D eigenvalue weighted by Crippen LogP contribution is -2.41. The van der Waals surface area contributed by atoms with Gasteiger partial charge in [-0.05, 0) is 80.0 Å². The largest absolute Gasteiger partial charge is 0.497 e. The number of methoxy groups -OCH3 is 1. The number of carbonyl (C=O) groups is 1.